The summed E-state index contributed by atoms with van der Waals surface area (Å²) in [6.45, 7) is 2.19. The Morgan fingerprint density at radius 2 is 2.22 bits per heavy atom. The van der Waals surface area contributed by atoms with E-state index in [2.05, 4.69) is 5.10 Å². The summed E-state index contributed by atoms with van der Waals surface area (Å²) in [6, 6.07) is 1.80. The molecule has 0 saturated carbocycles. The zero-order valence-electron chi connectivity index (χ0n) is 10.3. The van der Waals surface area contributed by atoms with Crippen LogP contribution >= 0.6 is 11.8 Å². The lowest BCUT2D eigenvalue weighted by Crippen LogP contribution is -2.13. The van der Waals surface area contributed by atoms with Crippen molar-refractivity contribution in [2.45, 2.75) is 24.9 Å². The molecule has 6 nitrogen and oxygen atoms in total. The molecule has 0 saturated heterocycles. The number of hydrogen-bond acceptors (Lipinski definition) is 5. The van der Waals surface area contributed by atoms with Crippen LogP contribution in [0.5, 0.6) is 0 Å². The number of carboxylic acid groups (broad SMARTS) is 1. The van der Waals surface area contributed by atoms with Crippen molar-refractivity contribution in [1.82, 2.24) is 9.78 Å². The molecule has 0 radical (unpaired) electrons. The quantitative estimate of drug-likeness (QED) is 0.743. The molecule has 18 heavy (non-hydrogen) atoms. The Hall–Kier alpha value is -1.02. The summed E-state index contributed by atoms with van der Waals surface area (Å²) < 4.78 is 23.8. The van der Waals surface area contributed by atoms with Crippen molar-refractivity contribution in [3.8, 4) is 0 Å². The molecule has 0 aliphatic carbocycles. The molecule has 8 heteroatoms. The van der Waals surface area contributed by atoms with Crippen molar-refractivity contribution in [3.63, 3.8) is 0 Å². The molecule has 0 fully saturated rings. The van der Waals surface area contributed by atoms with E-state index >= 15 is 0 Å². The number of aromatic nitrogens is 2. The van der Waals surface area contributed by atoms with E-state index < -0.39 is 15.8 Å². The Labute approximate surface area is 110 Å². The summed E-state index contributed by atoms with van der Waals surface area (Å²) in [7, 11) is -3.05. The van der Waals surface area contributed by atoms with Crippen molar-refractivity contribution >= 4 is 27.6 Å². The molecule has 1 aromatic rings. The molecule has 0 unspecified atom stereocenters. The van der Waals surface area contributed by atoms with Gasteiger partial charge in [0.15, 0.2) is 0 Å². The fourth-order valence-electron chi connectivity index (χ4n) is 1.29. The van der Waals surface area contributed by atoms with Gasteiger partial charge in [0.05, 0.1) is 28.8 Å². The van der Waals surface area contributed by atoms with E-state index in [1.54, 1.807) is 10.7 Å². The highest BCUT2D eigenvalue weighted by molar-refractivity contribution is 7.99. The second kappa shape index (κ2) is 6.24. The van der Waals surface area contributed by atoms with Gasteiger partial charge in [-0.25, -0.2) is 8.42 Å². The van der Waals surface area contributed by atoms with E-state index in [1.165, 1.54) is 6.26 Å². The second-order valence-electron chi connectivity index (χ2n) is 3.86. The number of aliphatic carboxylic acids is 1. The number of nitrogens with zero attached hydrogens (tertiary/aromatic N) is 2. The molecule has 0 atom stereocenters. The van der Waals surface area contributed by atoms with Crippen LogP contribution < -0.4 is 0 Å². The molecular formula is C10H16N2O4S2. The first-order valence-electron chi connectivity index (χ1n) is 5.41. The lowest BCUT2D eigenvalue weighted by Gasteiger charge is -2.04. The van der Waals surface area contributed by atoms with Gasteiger partial charge in [-0.05, 0) is 12.5 Å². The van der Waals surface area contributed by atoms with E-state index in [9.17, 15) is 13.2 Å². The number of sulfone groups is 1. The largest absolute Gasteiger partial charge is 0.481 e. The maximum absolute atomic E-state index is 11.1. The molecule has 1 heterocycles. The Morgan fingerprint density at radius 3 is 2.72 bits per heavy atom. The molecule has 1 N–H and O–H groups in total. The zero-order valence-corrected chi connectivity index (χ0v) is 11.9. The number of thioether (sulfide) groups is 1. The van der Waals surface area contributed by atoms with Gasteiger partial charge >= 0.3 is 5.97 Å². The third kappa shape index (κ3) is 5.09. The van der Waals surface area contributed by atoms with Crippen LogP contribution in [0.25, 0.3) is 0 Å². The summed E-state index contributed by atoms with van der Waals surface area (Å²) in [4.78, 5) is 10.5. The fraction of sp³-hybridized carbons (Fsp3) is 0.600. The summed E-state index contributed by atoms with van der Waals surface area (Å²) in [5, 5.41) is 13.6. The van der Waals surface area contributed by atoms with E-state index in [4.69, 9.17) is 5.11 Å². The number of carbonyl (C=O) groups is 1. The second-order valence-corrected chi connectivity index (χ2v) is 7.12. The summed E-state index contributed by atoms with van der Waals surface area (Å²) in [6.07, 6.45) is 1.90. The standard InChI is InChI=1S/C10H16N2O4S2/c1-3-8-6-9(17-7-10(13)14)12(11-8)4-5-18(2,15)16/h6H,3-5,7H2,1-2H3,(H,13,14). The topological polar surface area (TPSA) is 89.3 Å². The predicted octanol–water partition coefficient (Wildman–Crippen LogP) is 0.667. The van der Waals surface area contributed by atoms with Crippen molar-refractivity contribution in [2.24, 2.45) is 0 Å². The van der Waals surface area contributed by atoms with Gasteiger partial charge in [-0.15, -0.1) is 0 Å². The molecule has 0 aliphatic heterocycles. The van der Waals surface area contributed by atoms with Crippen molar-refractivity contribution in [3.05, 3.63) is 11.8 Å². The van der Waals surface area contributed by atoms with Crippen molar-refractivity contribution in [1.29, 1.82) is 0 Å². The Balaban J connectivity index is 2.80. The van der Waals surface area contributed by atoms with Gasteiger partial charge in [0.2, 0.25) is 0 Å². The average molecular weight is 292 g/mol. The minimum absolute atomic E-state index is 0.00152. The van der Waals surface area contributed by atoms with E-state index in [1.807, 2.05) is 6.92 Å². The highest BCUT2D eigenvalue weighted by atomic mass is 32.2. The summed E-state index contributed by atoms with van der Waals surface area (Å²) in [5.74, 6) is -0.972. The number of aryl methyl sites for hydroxylation is 2. The maximum Gasteiger partial charge on any atom is 0.313 e. The lowest BCUT2D eigenvalue weighted by molar-refractivity contribution is -0.133. The SMILES string of the molecule is CCc1cc(SCC(=O)O)n(CCS(C)(=O)=O)n1. The van der Waals surface area contributed by atoms with E-state index in [0.29, 0.717) is 5.03 Å². The molecule has 0 aliphatic rings. The van der Waals surface area contributed by atoms with Crippen LogP contribution in [0, 0.1) is 0 Å². The Kier molecular flexibility index (Phi) is 5.21. The molecule has 0 bridgehead atoms. The van der Waals surface area contributed by atoms with Gasteiger partial charge in [0.1, 0.15) is 9.84 Å². The normalized spacial score (nSPS) is 11.7. The first-order valence-corrected chi connectivity index (χ1v) is 8.45. The van der Waals surface area contributed by atoms with Crippen LogP contribution in [-0.2, 0) is 27.6 Å². The van der Waals surface area contributed by atoms with Gasteiger partial charge in [0, 0.05) is 6.26 Å². The minimum Gasteiger partial charge on any atom is -0.481 e. The van der Waals surface area contributed by atoms with Crippen LogP contribution in [-0.4, -0.2) is 47.0 Å². The van der Waals surface area contributed by atoms with Crippen molar-refractivity contribution < 1.29 is 18.3 Å². The monoisotopic (exact) mass is 292 g/mol. The Morgan fingerprint density at radius 1 is 1.56 bits per heavy atom. The number of rotatable bonds is 7. The number of carboxylic acids is 1. The lowest BCUT2D eigenvalue weighted by atomic mass is 10.3. The first-order chi connectivity index (χ1) is 8.31. The maximum atomic E-state index is 11.1. The van der Waals surface area contributed by atoms with Crippen LogP contribution in [0.2, 0.25) is 0 Å². The summed E-state index contributed by atoms with van der Waals surface area (Å²) >= 11 is 1.15. The predicted molar refractivity (Wildman–Crippen MR) is 69.7 cm³/mol. The molecule has 0 aromatic carbocycles. The van der Waals surface area contributed by atoms with Crippen LogP contribution in [0.4, 0.5) is 0 Å². The Bertz CT molecular complexity index is 522. The van der Waals surface area contributed by atoms with Gasteiger partial charge < -0.3 is 5.11 Å². The molecule has 1 rings (SSSR count). The third-order valence-corrected chi connectivity index (χ3v) is 4.11. The molecule has 102 valence electrons. The number of hydrogen-bond donors (Lipinski definition) is 1. The average Bonchev–Trinajstić information content (AvgIpc) is 2.65. The van der Waals surface area contributed by atoms with E-state index in [-0.39, 0.29) is 18.1 Å². The summed E-state index contributed by atoms with van der Waals surface area (Å²) in [5.41, 5.74) is 0.830. The smallest absolute Gasteiger partial charge is 0.313 e. The molecule has 0 spiro atoms. The highest BCUT2D eigenvalue weighted by Gasteiger charge is 2.11. The van der Waals surface area contributed by atoms with Crippen LogP contribution in [0.3, 0.4) is 0 Å². The molecule has 1 aromatic heterocycles. The van der Waals surface area contributed by atoms with Gasteiger partial charge in [-0.2, -0.15) is 5.10 Å². The molecular weight excluding hydrogens is 276 g/mol. The van der Waals surface area contributed by atoms with E-state index in [0.717, 1.165) is 23.9 Å². The highest BCUT2D eigenvalue weighted by Crippen LogP contribution is 2.19. The minimum atomic E-state index is -3.05. The first kappa shape index (κ1) is 15.0. The molecule has 0 amide bonds. The zero-order chi connectivity index (χ0) is 13.8. The fourth-order valence-corrected chi connectivity index (χ4v) is 2.56. The van der Waals surface area contributed by atoms with Gasteiger partial charge in [-0.3, -0.25) is 9.48 Å². The van der Waals surface area contributed by atoms with Crippen LogP contribution in [0.1, 0.15) is 12.6 Å². The van der Waals surface area contributed by atoms with Crippen molar-refractivity contribution in [2.75, 3.05) is 17.8 Å². The third-order valence-electron chi connectivity index (χ3n) is 2.17. The van der Waals surface area contributed by atoms with Gasteiger partial charge in [-0.1, -0.05) is 18.7 Å². The van der Waals surface area contributed by atoms with Crippen LogP contribution in [0.15, 0.2) is 11.1 Å². The van der Waals surface area contributed by atoms with Gasteiger partial charge in [0.25, 0.3) is 0 Å².